The molecule has 82 valence electrons. The van der Waals surface area contributed by atoms with Crippen molar-refractivity contribution in [2.45, 2.75) is 6.42 Å². The number of fused-ring (bicyclic) bond motifs is 1. The summed E-state index contributed by atoms with van der Waals surface area (Å²) in [5.41, 5.74) is 2.06. The normalized spacial score (nSPS) is 11.4. The van der Waals surface area contributed by atoms with Crippen LogP contribution in [-0.2, 0) is 0 Å². The van der Waals surface area contributed by atoms with Gasteiger partial charge in [0.2, 0.25) is 0 Å². The van der Waals surface area contributed by atoms with Crippen LogP contribution in [0.4, 0.5) is 0 Å². The summed E-state index contributed by atoms with van der Waals surface area (Å²) in [7, 11) is 0. The van der Waals surface area contributed by atoms with Crippen LogP contribution in [0.3, 0.4) is 0 Å². The maximum atomic E-state index is 5.92. The minimum Gasteiger partial charge on any atom is -0.256 e. The largest absolute Gasteiger partial charge is 0.256 e. The third-order valence-corrected chi connectivity index (χ3v) is 2.76. The molecule has 1 aromatic carbocycles. The Balaban J connectivity index is 2.45. The lowest BCUT2D eigenvalue weighted by Crippen LogP contribution is -1.82. The van der Waals surface area contributed by atoms with Gasteiger partial charge in [-0.2, -0.15) is 0 Å². The lowest BCUT2D eigenvalue weighted by atomic mass is 10.1. The molecule has 0 fully saturated rings. The zero-order valence-corrected chi connectivity index (χ0v) is 10.2. The van der Waals surface area contributed by atoms with Crippen LogP contribution in [0.25, 0.3) is 17.0 Å². The van der Waals surface area contributed by atoms with Crippen molar-refractivity contribution in [3.63, 3.8) is 0 Å². The minimum absolute atomic E-state index is 0.644. The number of allylic oxidation sites excluding steroid dienone is 1. The quantitative estimate of drug-likeness (QED) is 0.731. The molecule has 0 spiro atoms. The number of benzene rings is 1. The van der Waals surface area contributed by atoms with Crippen molar-refractivity contribution in [3.05, 3.63) is 47.1 Å². The van der Waals surface area contributed by atoms with E-state index in [4.69, 9.17) is 23.2 Å². The lowest BCUT2D eigenvalue weighted by molar-refractivity contribution is 1.24. The number of nitrogens with zero attached hydrogens (tertiary/aromatic N) is 1. The first-order chi connectivity index (χ1) is 7.81. The predicted molar refractivity (Wildman–Crippen MR) is 71.1 cm³/mol. The zero-order chi connectivity index (χ0) is 11.4. The van der Waals surface area contributed by atoms with Crippen molar-refractivity contribution in [1.82, 2.24) is 4.98 Å². The van der Waals surface area contributed by atoms with Crippen LogP contribution in [0.15, 0.2) is 36.5 Å². The highest BCUT2D eigenvalue weighted by molar-refractivity contribution is 6.31. The van der Waals surface area contributed by atoms with Crippen molar-refractivity contribution in [2.24, 2.45) is 0 Å². The molecule has 2 rings (SSSR count). The van der Waals surface area contributed by atoms with E-state index in [0.29, 0.717) is 10.9 Å². The van der Waals surface area contributed by atoms with E-state index in [1.165, 1.54) is 0 Å². The van der Waals surface area contributed by atoms with Crippen LogP contribution in [-0.4, -0.2) is 10.9 Å². The number of halogens is 2. The van der Waals surface area contributed by atoms with Gasteiger partial charge >= 0.3 is 0 Å². The summed E-state index contributed by atoms with van der Waals surface area (Å²) in [5, 5.41) is 1.82. The summed E-state index contributed by atoms with van der Waals surface area (Å²) >= 11 is 11.5. The van der Waals surface area contributed by atoms with E-state index >= 15 is 0 Å². The molecule has 0 radical (unpaired) electrons. The third kappa shape index (κ3) is 2.55. The van der Waals surface area contributed by atoms with Gasteiger partial charge in [-0.1, -0.05) is 29.8 Å². The number of hydrogen-bond acceptors (Lipinski definition) is 1. The van der Waals surface area contributed by atoms with E-state index in [9.17, 15) is 0 Å². The monoisotopic (exact) mass is 251 g/mol. The van der Waals surface area contributed by atoms with Crippen LogP contribution in [0, 0.1) is 0 Å². The van der Waals surface area contributed by atoms with Gasteiger partial charge in [0.15, 0.2) is 0 Å². The molecule has 1 aromatic heterocycles. The van der Waals surface area contributed by atoms with Crippen LogP contribution >= 0.6 is 23.2 Å². The van der Waals surface area contributed by atoms with Gasteiger partial charge in [0.1, 0.15) is 0 Å². The lowest BCUT2D eigenvalue weighted by Gasteiger charge is -2.01. The highest BCUT2D eigenvalue weighted by Gasteiger charge is 1.99. The van der Waals surface area contributed by atoms with Gasteiger partial charge in [-0.15, -0.1) is 11.6 Å². The van der Waals surface area contributed by atoms with Crippen LogP contribution in [0.2, 0.25) is 5.02 Å². The van der Waals surface area contributed by atoms with Gasteiger partial charge in [0.05, 0.1) is 5.52 Å². The van der Waals surface area contributed by atoms with Crippen LogP contribution in [0.5, 0.6) is 0 Å². The van der Waals surface area contributed by atoms with E-state index < -0.39 is 0 Å². The summed E-state index contributed by atoms with van der Waals surface area (Å²) < 4.78 is 0. The number of rotatable bonds is 3. The van der Waals surface area contributed by atoms with E-state index in [1.54, 1.807) is 6.20 Å². The SMILES string of the molecule is ClCCC=Cc1ccnc2cc(Cl)ccc12. The van der Waals surface area contributed by atoms with Crippen LogP contribution < -0.4 is 0 Å². The Morgan fingerprint density at radius 1 is 1.25 bits per heavy atom. The fourth-order valence-electron chi connectivity index (χ4n) is 1.56. The van der Waals surface area contributed by atoms with E-state index in [1.807, 2.05) is 24.3 Å². The number of pyridine rings is 1. The fraction of sp³-hybridized carbons (Fsp3) is 0.154. The maximum Gasteiger partial charge on any atom is 0.0722 e. The number of hydrogen-bond donors (Lipinski definition) is 0. The summed E-state index contributed by atoms with van der Waals surface area (Å²) in [6, 6.07) is 7.73. The van der Waals surface area contributed by atoms with Gasteiger partial charge in [-0.25, -0.2) is 0 Å². The van der Waals surface area contributed by atoms with Gasteiger partial charge in [0.25, 0.3) is 0 Å². The summed E-state index contributed by atoms with van der Waals surface area (Å²) in [6.45, 7) is 0. The Labute approximate surface area is 105 Å². The minimum atomic E-state index is 0.644. The standard InChI is InChI=1S/C13H11Cl2N/c14-7-2-1-3-10-6-8-16-13-9-11(15)4-5-12(10)13/h1,3-6,8-9H,2,7H2. The van der Waals surface area contributed by atoms with Crippen molar-refractivity contribution in [1.29, 1.82) is 0 Å². The molecular weight excluding hydrogens is 241 g/mol. The summed E-state index contributed by atoms with van der Waals surface area (Å²) in [4.78, 5) is 4.29. The second kappa shape index (κ2) is 5.33. The summed E-state index contributed by atoms with van der Waals surface area (Å²) in [5.74, 6) is 0.644. The fourth-order valence-corrected chi connectivity index (χ4v) is 1.85. The smallest absolute Gasteiger partial charge is 0.0722 e. The molecule has 0 saturated heterocycles. The molecule has 0 N–H and O–H groups in total. The maximum absolute atomic E-state index is 5.92. The van der Waals surface area contributed by atoms with Crippen molar-refractivity contribution < 1.29 is 0 Å². The molecule has 3 heteroatoms. The Hall–Kier alpha value is -1.05. The van der Waals surface area contributed by atoms with Gasteiger partial charge in [0, 0.05) is 22.5 Å². The van der Waals surface area contributed by atoms with Crippen molar-refractivity contribution in [2.75, 3.05) is 5.88 Å². The van der Waals surface area contributed by atoms with Crippen molar-refractivity contribution >= 4 is 40.2 Å². The van der Waals surface area contributed by atoms with Crippen molar-refractivity contribution in [3.8, 4) is 0 Å². The molecule has 1 nitrogen and oxygen atoms in total. The molecule has 0 aliphatic heterocycles. The molecule has 0 amide bonds. The molecule has 0 saturated carbocycles. The molecule has 0 aliphatic carbocycles. The Morgan fingerprint density at radius 3 is 2.94 bits per heavy atom. The molecular formula is C13H11Cl2N. The summed E-state index contributed by atoms with van der Waals surface area (Å²) in [6.07, 6.45) is 6.80. The second-order valence-electron chi connectivity index (χ2n) is 3.44. The van der Waals surface area contributed by atoms with E-state index in [2.05, 4.69) is 17.1 Å². The zero-order valence-electron chi connectivity index (χ0n) is 8.66. The Morgan fingerprint density at radius 2 is 2.12 bits per heavy atom. The molecule has 0 atom stereocenters. The highest BCUT2D eigenvalue weighted by Crippen LogP contribution is 2.21. The average Bonchev–Trinajstić information content (AvgIpc) is 2.29. The molecule has 2 aromatic rings. The van der Waals surface area contributed by atoms with Crippen LogP contribution in [0.1, 0.15) is 12.0 Å². The van der Waals surface area contributed by atoms with Gasteiger partial charge in [-0.05, 0) is 30.2 Å². The molecule has 16 heavy (non-hydrogen) atoms. The topological polar surface area (TPSA) is 12.9 Å². The number of aromatic nitrogens is 1. The van der Waals surface area contributed by atoms with E-state index in [0.717, 1.165) is 22.9 Å². The second-order valence-corrected chi connectivity index (χ2v) is 4.26. The molecule has 1 heterocycles. The van der Waals surface area contributed by atoms with E-state index in [-0.39, 0.29) is 0 Å². The Kier molecular flexibility index (Phi) is 3.81. The first-order valence-corrected chi connectivity index (χ1v) is 5.99. The highest BCUT2D eigenvalue weighted by atomic mass is 35.5. The third-order valence-electron chi connectivity index (χ3n) is 2.31. The first-order valence-electron chi connectivity index (χ1n) is 5.08. The number of alkyl halides is 1. The molecule has 0 aliphatic rings. The Bertz CT molecular complexity index is 520. The van der Waals surface area contributed by atoms with Gasteiger partial charge in [-0.3, -0.25) is 4.98 Å². The average molecular weight is 252 g/mol. The predicted octanol–water partition coefficient (Wildman–Crippen LogP) is 4.53. The first kappa shape index (κ1) is 11.4. The molecule has 0 bridgehead atoms. The van der Waals surface area contributed by atoms with Gasteiger partial charge < -0.3 is 0 Å². The molecule has 0 unspecified atom stereocenters.